The van der Waals surface area contributed by atoms with Crippen LogP contribution in [0.25, 0.3) is 0 Å². The van der Waals surface area contributed by atoms with Gasteiger partial charge in [0.15, 0.2) is 0 Å². The Bertz CT molecular complexity index is 599. The molecule has 1 fully saturated rings. The normalized spacial score (nSPS) is 21.5. The molecule has 24 heavy (non-hydrogen) atoms. The number of carbonyl (C=O) groups excluding carboxylic acids is 1. The third-order valence-corrected chi connectivity index (χ3v) is 4.61. The van der Waals surface area contributed by atoms with Crippen molar-refractivity contribution in [1.82, 2.24) is 10.2 Å². The number of nitro benzene ring substituents is 1. The van der Waals surface area contributed by atoms with Crippen molar-refractivity contribution < 1.29 is 9.72 Å². The largest absolute Gasteiger partial charge is 0.352 e. The van der Waals surface area contributed by atoms with E-state index in [0.717, 1.165) is 37.9 Å². The summed E-state index contributed by atoms with van der Waals surface area (Å²) >= 11 is 5.75. The molecule has 7 heteroatoms. The van der Waals surface area contributed by atoms with Crippen molar-refractivity contribution in [1.29, 1.82) is 0 Å². The maximum atomic E-state index is 12.1. The molecule has 1 saturated heterocycles. The molecule has 0 unspecified atom stereocenters. The lowest BCUT2D eigenvalue weighted by atomic mass is 9.92. The molecule has 2 atom stereocenters. The number of benzene rings is 1. The number of likely N-dealkylation sites (tertiary alicyclic amines) is 1. The van der Waals surface area contributed by atoms with Gasteiger partial charge >= 0.3 is 0 Å². The minimum Gasteiger partial charge on any atom is -0.352 e. The van der Waals surface area contributed by atoms with Crippen LogP contribution in [0.5, 0.6) is 0 Å². The van der Waals surface area contributed by atoms with Crippen molar-refractivity contribution in [3.8, 4) is 0 Å². The molecule has 2 rings (SSSR count). The summed E-state index contributed by atoms with van der Waals surface area (Å²) in [6.07, 6.45) is 2.14. The van der Waals surface area contributed by atoms with Crippen molar-refractivity contribution in [2.75, 3.05) is 26.2 Å². The summed E-state index contributed by atoms with van der Waals surface area (Å²) in [5, 5.41) is 13.7. The number of halogens is 1. The zero-order chi connectivity index (χ0) is 17.7. The minimum absolute atomic E-state index is 0.0323. The fourth-order valence-electron chi connectivity index (χ4n) is 3.38. The number of nitro groups is 1. The highest BCUT2D eigenvalue weighted by Gasteiger charge is 2.21. The highest BCUT2D eigenvalue weighted by molar-refractivity contribution is 6.32. The summed E-state index contributed by atoms with van der Waals surface area (Å²) in [5.41, 5.74) is 0.00641. The van der Waals surface area contributed by atoms with E-state index >= 15 is 0 Å². The van der Waals surface area contributed by atoms with Crippen LogP contribution in [0.3, 0.4) is 0 Å². The first-order valence-corrected chi connectivity index (χ1v) is 8.69. The fraction of sp³-hybridized carbons (Fsp3) is 0.588. The van der Waals surface area contributed by atoms with Gasteiger partial charge in [0.2, 0.25) is 0 Å². The molecule has 132 valence electrons. The Labute approximate surface area is 147 Å². The maximum absolute atomic E-state index is 12.1. The van der Waals surface area contributed by atoms with Crippen LogP contribution in [0.4, 0.5) is 5.69 Å². The number of piperidine rings is 1. The Balaban J connectivity index is 1.79. The Morgan fingerprint density at radius 2 is 2.04 bits per heavy atom. The molecule has 1 N–H and O–H groups in total. The molecule has 0 saturated carbocycles. The predicted molar refractivity (Wildman–Crippen MR) is 94.4 cm³/mol. The van der Waals surface area contributed by atoms with Gasteiger partial charge in [-0.15, -0.1) is 0 Å². The van der Waals surface area contributed by atoms with Crippen molar-refractivity contribution in [2.45, 2.75) is 26.7 Å². The fourth-order valence-corrected chi connectivity index (χ4v) is 3.56. The van der Waals surface area contributed by atoms with E-state index in [9.17, 15) is 14.9 Å². The third kappa shape index (κ3) is 5.18. The highest BCUT2D eigenvalue weighted by Crippen LogP contribution is 2.25. The van der Waals surface area contributed by atoms with Crippen LogP contribution < -0.4 is 5.32 Å². The van der Waals surface area contributed by atoms with E-state index in [1.54, 1.807) is 0 Å². The molecule has 0 spiro atoms. The first kappa shape index (κ1) is 18.7. The van der Waals surface area contributed by atoms with Gasteiger partial charge in [0.25, 0.3) is 11.6 Å². The van der Waals surface area contributed by atoms with E-state index in [4.69, 9.17) is 11.6 Å². The number of nitrogens with zero attached hydrogens (tertiary/aromatic N) is 2. The first-order chi connectivity index (χ1) is 11.4. The first-order valence-electron chi connectivity index (χ1n) is 8.31. The smallest absolute Gasteiger partial charge is 0.288 e. The zero-order valence-electron chi connectivity index (χ0n) is 14.1. The third-order valence-electron chi connectivity index (χ3n) is 4.29. The van der Waals surface area contributed by atoms with Crippen LogP contribution in [-0.4, -0.2) is 41.9 Å². The average molecular weight is 354 g/mol. The van der Waals surface area contributed by atoms with E-state index < -0.39 is 4.92 Å². The van der Waals surface area contributed by atoms with Crippen molar-refractivity contribution in [3.63, 3.8) is 0 Å². The molecule has 1 aliphatic rings. The highest BCUT2D eigenvalue weighted by atomic mass is 35.5. The molecule has 1 aliphatic heterocycles. The van der Waals surface area contributed by atoms with Gasteiger partial charge in [-0.05, 0) is 43.4 Å². The molecule has 0 aromatic heterocycles. The number of rotatable bonds is 6. The van der Waals surface area contributed by atoms with E-state index in [2.05, 4.69) is 24.1 Å². The number of nitrogens with one attached hydrogen (secondary N) is 1. The van der Waals surface area contributed by atoms with E-state index in [0.29, 0.717) is 6.54 Å². The topological polar surface area (TPSA) is 75.5 Å². The van der Waals surface area contributed by atoms with Crippen LogP contribution in [-0.2, 0) is 0 Å². The molecular formula is C17H24ClN3O3. The zero-order valence-corrected chi connectivity index (χ0v) is 14.9. The standard InChI is InChI=1S/C17H24ClN3O3/c1-12-8-13(2)11-20(10-12)7-3-6-19-17(22)14-4-5-15(18)16(9-14)21(23)24/h4-5,9,12-13H,3,6-8,10-11H2,1-2H3,(H,19,22)/t12-,13-/m1/s1. The SMILES string of the molecule is C[C@@H]1C[C@@H](C)CN(CCCNC(=O)c2ccc(Cl)c([N+](=O)[O-])c2)C1. The van der Waals surface area contributed by atoms with Crippen molar-refractivity contribution in [2.24, 2.45) is 11.8 Å². The van der Waals surface area contributed by atoms with E-state index in [-0.39, 0.29) is 22.2 Å². The molecule has 1 aromatic rings. The Morgan fingerprint density at radius 1 is 1.38 bits per heavy atom. The number of hydrogen-bond donors (Lipinski definition) is 1. The lowest BCUT2D eigenvalue weighted by Crippen LogP contribution is -2.40. The minimum atomic E-state index is -0.586. The van der Waals surface area contributed by atoms with Crippen molar-refractivity contribution >= 4 is 23.2 Å². The summed E-state index contributed by atoms with van der Waals surface area (Å²) in [4.78, 5) is 24.8. The van der Waals surface area contributed by atoms with E-state index in [1.165, 1.54) is 24.6 Å². The molecule has 1 amide bonds. The van der Waals surface area contributed by atoms with Gasteiger partial charge in [-0.1, -0.05) is 25.4 Å². The molecule has 1 heterocycles. The lowest BCUT2D eigenvalue weighted by Gasteiger charge is -2.34. The van der Waals surface area contributed by atoms with Crippen LogP contribution >= 0.6 is 11.6 Å². The average Bonchev–Trinajstić information content (AvgIpc) is 2.50. The monoisotopic (exact) mass is 353 g/mol. The van der Waals surface area contributed by atoms with Crippen LogP contribution in [0.1, 0.15) is 37.0 Å². The molecule has 6 nitrogen and oxygen atoms in total. The maximum Gasteiger partial charge on any atom is 0.288 e. The summed E-state index contributed by atoms with van der Waals surface area (Å²) in [6.45, 7) is 8.28. The number of carbonyl (C=O) groups is 1. The molecular weight excluding hydrogens is 330 g/mol. The van der Waals surface area contributed by atoms with Crippen LogP contribution in [0.2, 0.25) is 5.02 Å². The molecule has 0 bridgehead atoms. The second kappa shape index (κ2) is 8.44. The van der Waals surface area contributed by atoms with Gasteiger partial charge in [-0.25, -0.2) is 0 Å². The van der Waals surface area contributed by atoms with Gasteiger partial charge in [-0.3, -0.25) is 14.9 Å². The number of amides is 1. The predicted octanol–water partition coefficient (Wildman–Crippen LogP) is 3.35. The number of hydrogen-bond acceptors (Lipinski definition) is 4. The second-order valence-electron chi connectivity index (χ2n) is 6.74. The van der Waals surface area contributed by atoms with Gasteiger partial charge < -0.3 is 10.2 Å². The Hall–Kier alpha value is -1.66. The lowest BCUT2D eigenvalue weighted by molar-refractivity contribution is -0.384. The summed E-state index contributed by atoms with van der Waals surface area (Å²) in [7, 11) is 0. The van der Waals surface area contributed by atoms with Gasteiger partial charge in [0.1, 0.15) is 5.02 Å². The van der Waals surface area contributed by atoms with Crippen LogP contribution in [0, 0.1) is 22.0 Å². The molecule has 0 aliphatic carbocycles. The van der Waals surface area contributed by atoms with Gasteiger partial charge in [0.05, 0.1) is 4.92 Å². The molecule has 0 radical (unpaired) electrons. The summed E-state index contributed by atoms with van der Waals surface area (Å²) in [5.74, 6) is 1.13. The summed E-state index contributed by atoms with van der Waals surface area (Å²) < 4.78 is 0. The Morgan fingerprint density at radius 3 is 2.67 bits per heavy atom. The van der Waals surface area contributed by atoms with Gasteiger partial charge in [0, 0.05) is 31.3 Å². The van der Waals surface area contributed by atoms with Crippen LogP contribution in [0.15, 0.2) is 18.2 Å². The second-order valence-corrected chi connectivity index (χ2v) is 7.15. The molecule has 1 aromatic carbocycles. The summed E-state index contributed by atoms with van der Waals surface area (Å²) in [6, 6.07) is 4.09. The quantitative estimate of drug-likeness (QED) is 0.483. The van der Waals surface area contributed by atoms with E-state index in [1.807, 2.05) is 0 Å². The Kier molecular flexibility index (Phi) is 6.57. The van der Waals surface area contributed by atoms with Gasteiger partial charge in [-0.2, -0.15) is 0 Å². The van der Waals surface area contributed by atoms with Crippen molar-refractivity contribution in [3.05, 3.63) is 38.9 Å².